The van der Waals surface area contributed by atoms with E-state index in [1.165, 1.54) is 0 Å². The second-order valence-electron chi connectivity index (χ2n) is 4.10. The minimum absolute atomic E-state index is 0.0613. The minimum Gasteiger partial charge on any atom is -0.497 e. The van der Waals surface area contributed by atoms with E-state index in [9.17, 15) is 4.79 Å². The van der Waals surface area contributed by atoms with Gasteiger partial charge in [0.05, 0.1) is 13.5 Å². The SMILES string of the molecule is COc1ccc(Sc2ccc(CC(=O)O)c(I)c2)cc1. The molecule has 0 aromatic heterocycles. The molecular formula is C15H13IO3S. The van der Waals surface area contributed by atoms with Gasteiger partial charge in [-0.05, 0) is 64.6 Å². The highest BCUT2D eigenvalue weighted by atomic mass is 127. The summed E-state index contributed by atoms with van der Waals surface area (Å²) in [7, 11) is 1.64. The summed E-state index contributed by atoms with van der Waals surface area (Å²) in [4.78, 5) is 12.9. The zero-order valence-corrected chi connectivity index (χ0v) is 13.8. The first-order valence-corrected chi connectivity index (χ1v) is 7.80. The lowest BCUT2D eigenvalue weighted by Crippen LogP contribution is -2.01. The van der Waals surface area contributed by atoms with Crippen LogP contribution >= 0.6 is 34.4 Å². The minimum atomic E-state index is -0.807. The van der Waals surface area contributed by atoms with E-state index < -0.39 is 5.97 Å². The van der Waals surface area contributed by atoms with Gasteiger partial charge in [0.1, 0.15) is 5.75 Å². The van der Waals surface area contributed by atoms with Crippen LogP contribution in [0.1, 0.15) is 5.56 Å². The molecule has 0 fully saturated rings. The Balaban J connectivity index is 2.13. The summed E-state index contributed by atoms with van der Waals surface area (Å²) < 4.78 is 6.10. The normalized spacial score (nSPS) is 10.3. The average molecular weight is 400 g/mol. The fourth-order valence-corrected chi connectivity index (χ4v) is 3.45. The van der Waals surface area contributed by atoms with Crippen molar-refractivity contribution in [2.75, 3.05) is 7.11 Å². The molecule has 104 valence electrons. The zero-order chi connectivity index (χ0) is 14.5. The van der Waals surface area contributed by atoms with Gasteiger partial charge in [0, 0.05) is 13.4 Å². The van der Waals surface area contributed by atoms with Gasteiger partial charge in [0.25, 0.3) is 0 Å². The van der Waals surface area contributed by atoms with E-state index in [1.54, 1.807) is 18.9 Å². The molecule has 2 aromatic carbocycles. The molecule has 0 aliphatic rings. The molecule has 5 heteroatoms. The molecule has 3 nitrogen and oxygen atoms in total. The van der Waals surface area contributed by atoms with Crippen molar-refractivity contribution in [1.29, 1.82) is 0 Å². The van der Waals surface area contributed by atoms with Crippen LogP contribution in [0.3, 0.4) is 0 Å². The average Bonchev–Trinajstić information content (AvgIpc) is 2.42. The van der Waals surface area contributed by atoms with E-state index >= 15 is 0 Å². The van der Waals surface area contributed by atoms with Crippen molar-refractivity contribution in [1.82, 2.24) is 0 Å². The van der Waals surface area contributed by atoms with Gasteiger partial charge in [-0.3, -0.25) is 4.79 Å². The fraction of sp³-hybridized carbons (Fsp3) is 0.133. The Morgan fingerprint density at radius 3 is 2.40 bits per heavy atom. The summed E-state index contributed by atoms with van der Waals surface area (Å²) in [6, 6.07) is 13.7. The van der Waals surface area contributed by atoms with Gasteiger partial charge in [-0.2, -0.15) is 0 Å². The van der Waals surface area contributed by atoms with Crippen molar-refractivity contribution >= 4 is 40.3 Å². The Morgan fingerprint density at radius 1 is 1.20 bits per heavy atom. The fourth-order valence-electron chi connectivity index (χ4n) is 1.68. The van der Waals surface area contributed by atoms with Crippen LogP contribution in [0, 0.1) is 3.57 Å². The number of ether oxygens (including phenoxy) is 1. The summed E-state index contributed by atoms with van der Waals surface area (Å²) in [6.45, 7) is 0. The maximum absolute atomic E-state index is 10.7. The summed E-state index contributed by atoms with van der Waals surface area (Å²) in [5.41, 5.74) is 0.845. The van der Waals surface area contributed by atoms with Crippen molar-refractivity contribution in [3.8, 4) is 5.75 Å². The van der Waals surface area contributed by atoms with Crippen LogP contribution in [0.25, 0.3) is 0 Å². The molecule has 0 radical (unpaired) electrons. The van der Waals surface area contributed by atoms with Crippen molar-refractivity contribution in [2.24, 2.45) is 0 Å². The van der Waals surface area contributed by atoms with E-state index in [2.05, 4.69) is 22.6 Å². The number of carboxylic acids is 1. The van der Waals surface area contributed by atoms with Gasteiger partial charge in [0.2, 0.25) is 0 Å². The first-order valence-electron chi connectivity index (χ1n) is 5.90. The maximum Gasteiger partial charge on any atom is 0.307 e. The van der Waals surface area contributed by atoms with Gasteiger partial charge in [0.15, 0.2) is 0 Å². The van der Waals surface area contributed by atoms with E-state index in [0.29, 0.717) is 0 Å². The Hall–Kier alpha value is -1.21. The van der Waals surface area contributed by atoms with Crippen LogP contribution in [-0.2, 0) is 11.2 Å². The van der Waals surface area contributed by atoms with E-state index in [1.807, 2.05) is 42.5 Å². The van der Waals surface area contributed by atoms with Crippen LogP contribution in [-0.4, -0.2) is 18.2 Å². The summed E-state index contributed by atoms with van der Waals surface area (Å²) >= 11 is 3.82. The Kier molecular flexibility index (Phi) is 5.31. The summed E-state index contributed by atoms with van der Waals surface area (Å²) in [5, 5.41) is 8.82. The van der Waals surface area contributed by atoms with Crippen LogP contribution in [0.2, 0.25) is 0 Å². The zero-order valence-electron chi connectivity index (χ0n) is 10.8. The molecule has 0 spiro atoms. The number of hydrogen-bond acceptors (Lipinski definition) is 3. The van der Waals surface area contributed by atoms with Crippen LogP contribution < -0.4 is 4.74 Å². The van der Waals surface area contributed by atoms with E-state index in [0.717, 1.165) is 24.7 Å². The number of benzene rings is 2. The number of aliphatic carboxylic acids is 1. The third kappa shape index (κ3) is 4.14. The largest absolute Gasteiger partial charge is 0.497 e. The van der Waals surface area contributed by atoms with Crippen LogP contribution in [0.15, 0.2) is 52.3 Å². The van der Waals surface area contributed by atoms with Crippen LogP contribution in [0.4, 0.5) is 0 Å². The molecule has 1 N–H and O–H groups in total. The lowest BCUT2D eigenvalue weighted by atomic mass is 10.2. The van der Waals surface area contributed by atoms with Crippen LogP contribution in [0.5, 0.6) is 5.75 Å². The number of hydrogen-bond donors (Lipinski definition) is 1. The quantitative estimate of drug-likeness (QED) is 0.769. The van der Waals surface area contributed by atoms with Gasteiger partial charge in [-0.1, -0.05) is 17.8 Å². The molecule has 0 unspecified atom stereocenters. The number of carbonyl (C=O) groups is 1. The van der Waals surface area contributed by atoms with Crippen molar-refractivity contribution in [2.45, 2.75) is 16.2 Å². The Labute approximate surface area is 135 Å². The summed E-state index contributed by atoms with van der Waals surface area (Å²) in [5.74, 6) is 0.0270. The van der Waals surface area contributed by atoms with E-state index in [-0.39, 0.29) is 6.42 Å². The highest BCUT2D eigenvalue weighted by Gasteiger charge is 2.07. The Bertz CT molecular complexity index is 611. The highest BCUT2D eigenvalue weighted by molar-refractivity contribution is 14.1. The second kappa shape index (κ2) is 6.99. The smallest absolute Gasteiger partial charge is 0.307 e. The van der Waals surface area contributed by atoms with Gasteiger partial charge < -0.3 is 9.84 Å². The van der Waals surface area contributed by atoms with Gasteiger partial charge in [-0.25, -0.2) is 0 Å². The van der Waals surface area contributed by atoms with Gasteiger partial charge in [-0.15, -0.1) is 0 Å². The predicted octanol–water partition coefficient (Wildman–Crippen LogP) is 4.08. The number of methoxy groups -OCH3 is 1. The Morgan fingerprint density at radius 2 is 1.85 bits per heavy atom. The molecule has 2 rings (SSSR count). The van der Waals surface area contributed by atoms with Crippen molar-refractivity contribution < 1.29 is 14.6 Å². The van der Waals surface area contributed by atoms with Crippen molar-refractivity contribution in [3.05, 3.63) is 51.6 Å². The third-order valence-corrected chi connectivity index (χ3v) is 4.66. The molecule has 2 aromatic rings. The molecule has 0 bridgehead atoms. The molecule has 0 atom stereocenters. The molecule has 20 heavy (non-hydrogen) atoms. The number of carboxylic acid groups (broad SMARTS) is 1. The monoisotopic (exact) mass is 400 g/mol. The molecular weight excluding hydrogens is 387 g/mol. The van der Waals surface area contributed by atoms with Gasteiger partial charge >= 0.3 is 5.97 Å². The standard InChI is InChI=1S/C15H13IO3S/c1-19-11-3-6-12(7-4-11)20-13-5-2-10(8-15(17)18)14(16)9-13/h2-7,9H,8H2,1H3,(H,17,18). The number of rotatable bonds is 5. The maximum atomic E-state index is 10.7. The lowest BCUT2D eigenvalue weighted by Gasteiger charge is -2.06. The molecule has 0 aliphatic heterocycles. The molecule has 0 aliphatic carbocycles. The molecule has 0 saturated carbocycles. The van der Waals surface area contributed by atoms with Crippen molar-refractivity contribution in [3.63, 3.8) is 0 Å². The highest BCUT2D eigenvalue weighted by Crippen LogP contribution is 2.30. The predicted molar refractivity (Wildman–Crippen MR) is 87.6 cm³/mol. The first-order chi connectivity index (χ1) is 9.58. The molecule has 0 amide bonds. The summed E-state index contributed by atoms with van der Waals surface area (Å²) in [6.07, 6.45) is 0.0613. The molecule has 0 heterocycles. The first kappa shape index (κ1) is 15.2. The third-order valence-electron chi connectivity index (χ3n) is 2.66. The lowest BCUT2D eigenvalue weighted by molar-refractivity contribution is -0.136. The second-order valence-corrected chi connectivity index (χ2v) is 6.41. The number of halogens is 1. The van der Waals surface area contributed by atoms with E-state index in [4.69, 9.17) is 9.84 Å². The topological polar surface area (TPSA) is 46.5 Å². The molecule has 0 saturated heterocycles.